The molecule has 0 aliphatic rings. The molecule has 0 heterocycles. The monoisotopic (exact) mass is 288 g/mol. The minimum atomic E-state index is -1.04. The molecule has 0 aliphatic heterocycles. The van der Waals surface area contributed by atoms with Crippen molar-refractivity contribution < 1.29 is 19.4 Å². The molecule has 0 aliphatic carbocycles. The highest BCUT2D eigenvalue weighted by atomic mass is 35.5. The molecule has 0 amide bonds. The summed E-state index contributed by atoms with van der Waals surface area (Å²) in [6.45, 7) is 1.33. The molecule has 0 spiro atoms. The summed E-state index contributed by atoms with van der Waals surface area (Å²) in [5.74, 6) is -0.594. The first kappa shape index (κ1) is 14.8. The number of non-ortho nitro benzene ring substituents is 1. The highest BCUT2D eigenvalue weighted by molar-refractivity contribution is 6.61. The lowest BCUT2D eigenvalue weighted by Crippen LogP contribution is -2.08. The molecule has 1 unspecified atom stereocenters. The number of halogens is 1. The van der Waals surface area contributed by atoms with E-state index >= 15 is 0 Å². The fourth-order valence-corrected chi connectivity index (χ4v) is 1.56. The number of ether oxygens (including phenoxy) is 1. The van der Waals surface area contributed by atoms with Crippen LogP contribution in [0.5, 0.6) is 0 Å². The van der Waals surface area contributed by atoms with Crippen molar-refractivity contribution in [1.29, 1.82) is 0 Å². The summed E-state index contributed by atoms with van der Waals surface area (Å²) < 4.78 is 4.53. The van der Waals surface area contributed by atoms with Crippen LogP contribution in [-0.2, 0) is 4.74 Å². The molecule has 1 aromatic carbocycles. The average Bonchev–Trinajstić information content (AvgIpc) is 2.34. The fraction of sp³-hybridized carbons (Fsp3) is 0.300. The van der Waals surface area contributed by atoms with Gasteiger partial charge in [-0.05, 0) is 0 Å². The maximum absolute atomic E-state index is 10.8. The summed E-state index contributed by atoms with van der Waals surface area (Å²) in [6.07, 6.45) is 0. The summed E-state index contributed by atoms with van der Waals surface area (Å²) in [5.41, 5.74) is -1.48. The van der Waals surface area contributed by atoms with E-state index in [4.69, 9.17) is 11.6 Å². The van der Waals surface area contributed by atoms with Crippen LogP contribution in [0.25, 0.3) is 0 Å². The van der Waals surface area contributed by atoms with Crippen LogP contribution in [0, 0.1) is 20.2 Å². The lowest BCUT2D eigenvalue weighted by molar-refractivity contribution is -0.389. The zero-order valence-corrected chi connectivity index (χ0v) is 10.5. The second-order valence-electron chi connectivity index (χ2n) is 3.71. The van der Waals surface area contributed by atoms with Crippen molar-refractivity contribution in [2.24, 2.45) is 0 Å². The Morgan fingerprint density at radius 2 is 2.00 bits per heavy atom. The number of hydrogen-bond donors (Lipinski definition) is 0. The number of nitro groups is 2. The quantitative estimate of drug-likeness (QED) is 0.467. The molecule has 0 aromatic heterocycles. The lowest BCUT2D eigenvalue weighted by atomic mass is 9.99. The standard InChI is InChI=1S/C10H9ClN2O6/c1-6(5-19-10(11)14)8-4-7(12(15)16)2-3-9(8)13(17)18/h2-4,6H,5H2,1H3. The van der Waals surface area contributed by atoms with E-state index in [0.717, 1.165) is 18.2 Å². The second-order valence-corrected chi connectivity index (χ2v) is 4.02. The number of hydrogen-bond acceptors (Lipinski definition) is 6. The maximum atomic E-state index is 10.8. The third-order valence-corrected chi connectivity index (χ3v) is 2.51. The topological polar surface area (TPSA) is 113 Å². The molecule has 0 radical (unpaired) electrons. The zero-order valence-electron chi connectivity index (χ0n) is 9.74. The number of nitro benzene ring substituents is 2. The van der Waals surface area contributed by atoms with Crippen molar-refractivity contribution in [3.63, 3.8) is 0 Å². The normalized spacial score (nSPS) is 11.7. The van der Waals surface area contributed by atoms with Crippen LogP contribution in [0.2, 0.25) is 0 Å². The van der Waals surface area contributed by atoms with Crippen molar-refractivity contribution in [3.05, 3.63) is 44.0 Å². The number of carbonyl (C=O) groups excluding carboxylic acids is 1. The number of benzene rings is 1. The summed E-state index contributed by atoms with van der Waals surface area (Å²) >= 11 is 4.99. The van der Waals surface area contributed by atoms with E-state index in [2.05, 4.69) is 4.74 Å². The molecule has 9 heteroatoms. The van der Waals surface area contributed by atoms with Gasteiger partial charge in [-0.25, -0.2) is 4.79 Å². The fourth-order valence-electron chi connectivity index (χ4n) is 1.50. The summed E-state index contributed by atoms with van der Waals surface area (Å²) in [5, 5.41) is 21.5. The molecular formula is C10H9ClN2O6. The Kier molecular flexibility index (Phi) is 4.76. The smallest absolute Gasteiger partial charge is 0.403 e. The van der Waals surface area contributed by atoms with Gasteiger partial charge in [0.25, 0.3) is 11.4 Å². The van der Waals surface area contributed by atoms with Gasteiger partial charge in [0.15, 0.2) is 0 Å². The van der Waals surface area contributed by atoms with Gasteiger partial charge in [-0.2, -0.15) is 0 Å². The largest absolute Gasteiger partial charge is 0.453 e. The molecule has 0 N–H and O–H groups in total. The van der Waals surface area contributed by atoms with E-state index < -0.39 is 21.2 Å². The van der Waals surface area contributed by atoms with E-state index in [0.29, 0.717) is 0 Å². The Hall–Kier alpha value is -2.22. The van der Waals surface area contributed by atoms with E-state index in [1.54, 1.807) is 0 Å². The van der Waals surface area contributed by atoms with Crippen molar-refractivity contribution in [2.45, 2.75) is 12.8 Å². The van der Waals surface area contributed by atoms with Crippen LogP contribution in [0.3, 0.4) is 0 Å². The number of nitrogens with zero attached hydrogens (tertiary/aromatic N) is 2. The van der Waals surface area contributed by atoms with E-state index in [9.17, 15) is 25.0 Å². The molecule has 0 bridgehead atoms. The molecule has 19 heavy (non-hydrogen) atoms. The predicted octanol–water partition coefficient (Wildman–Crippen LogP) is 2.98. The molecule has 0 saturated carbocycles. The summed E-state index contributed by atoms with van der Waals surface area (Å²) in [6, 6.07) is 3.18. The van der Waals surface area contributed by atoms with E-state index in [1.165, 1.54) is 6.92 Å². The van der Waals surface area contributed by atoms with Crippen LogP contribution >= 0.6 is 11.6 Å². The van der Waals surface area contributed by atoms with Crippen molar-refractivity contribution >= 4 is 28.4 Å². The van der Waals surface area contributed by atoms with E-state index in [1.807, 2.05) is 0 Å². The van der Waals surface area contributed by atoms with Gasteiger partial charge < -0.3 is 4.74 Å². The number of carbonyl (C=O) groups is 1. The van der Waals surface area contributed by atoms with Gasteiger partial charge in [0.1, 0.15) is 0 Å². The molecule has 0 fully saturated rings. The average molecular weight is 289 g/mol. The first-order valence-corrected chi connectivity index (χ1v) is 5.45. The Bertz CT molecular complexity index is 533. The molecule has 1 aromatic rings. The van der Waals surface area contributed by atoms with Crippen LogP contribution in [0.15, 0.2) is 18.2 Å². The minimum absolute atomic E-state index is 0.108. The zero-order chi connectivity index (χ0) is 14.6. The SMILES string of the molecule is CC(COC(=O)Cl)c1cc([N+](=O)[O-])ccc1[N+](=O)[O-]. The van der Waals surface area contributed by atoms with Gasteiger partial charge in [-0.15, -0.1) is 0 Å². The van der Waals surface area contributed by atoms with Gasteiger partial charge in [0, 0.05) is 41.3 Å². The maximum Gasteiger partial charge on any atom is 0.403 e. The third-order valence-electron chi connectivity index (χ3n) is 2.40. The second kappa shape index (κ2) is 6.10. The van der Waals surface area contributed by atoms with Crippen LogP contribution in [0.1, 0.15) is 18.4 Å². The molecular weight excluding hydrogens is 280 g/mol. The third kappa shape index (κ3) is 3.88. The first-order chi connectivity index (χ1) is 8.82. The summed E-state index contributed by atoms with van der Waals surface area (Å²) in [4.78, 5) is 30.7. The Balaban J connectivity index is 3.13. The lowest BCUT2D eigenvalue weighted by Gasteiger charge is -2.11. The Labute approximate surface area is 112 Å². The van der Waals surface area contributed by atoms with Gasteiger partial charge in [0.05, 0.1) is 16.5 Å². The molecule has 1 rings (SSSR count). The van der Waals surface area contributed by atoms with Gasteiger partial charge in [0.2, 0.25) is 0 Å². The van der Waals surface area contributed by atoms with Crippen LogP contribution in [-0.4, -0.2) is 21.9 Å². The predicted molar refractivity (Wildman–Crippen MR) is 65.4 cm³/mol. The molecule has 0 saturated heterocycles. The summed E-state index contributed by atoms with van der Waals surface area (Å²) in [7, 11) is 0. The van der Waals surface area contributed by atoms with Gasteiger partial charge in [-0.1, -0.05) is 6.92 Å². The van der Waals surface area contributed by atoms with E-state index in [-0.39, 0.29) is 23.5 Å². The highest BCUT2D eigenvalue weighted by Gasteiger charge is 2.23. The minimum Gasteiger partial charge on any atom is -0.453 e. The number of rotatable bonds is 5. The van der Waals surface area contributed by atoms with Crippen molar-refractivity contribution in [2.75, 3.05) is 6.61 Å². The Morgan fingerprint density at radius 1 is 1.37 bits per heavy atom. The highest BCUT2D eigenvalue weighted by Crippen LogP contribution is 2.30. The van der Waals surface area contributed by atoms with Crippen LogP contribution < -0.4 is 0 Å². The van der Waals surface area contributed by atoms with Crippen LogP contribution in [0.4, 0.5) is 16.2 Å². The van der Waals surface area contributed by atoms with Crippen molar-refractivity contribution in [1.82, 2.24) is 0 Å². The Morgan fingerprint density at radius 3 is 2.47 bits per heavy atom. The molecule has 102 valence electrons. The van der Waals surface area contributed by atoms with Gasteiger partial charge in [-0.3, -0.25) is 20.2 Å². The first-order valence-electron chi connectivity index (χ1n) is 5.08. The van der Waals surface area contributed by atoms with Gasteiger partial charge >= 0.3 is 5.43 Å². The van der Waals surface area contributed by atoms with Crippen molar-refractivity contribution in [3.8, 4) is 0 Å². The molecule has 1 atom stereocenters. The molecule has 8 nitrogen and oxygen atoms in total.